The summed E-state index contributed by atoms with van der Waals surface area (Å²) >= 11 is 0. The molecule has 1 unspecified atom stereocenters. The van der Waals surface area contributed by atoms with Crippen molar-refractivity contribution in [2.24, 2.45) is 0 Å². The Morgan fingerprint density at radius 2 is 1.89 bits per heavy atom. The zero-order valence-corrected chi connectivity index (χ0v) is 11.4. The first-order valence-corrected chi connectivity index (χ1v) is 6.27. The van der Waals surface area contributed by atoms with Crippen molar-refractivity contribution in [1.29, 1.82) is 0 Å². The van der Waals surface area contributed by atoms with Gasteiger partial charge in [0.15, 0.2) is 0 Å². The summed E-state index contributed by atoms with van der Waals surface area (Å²) in [7, 11) is 1.89. The number of benzene rings is 2. The van der Waals surface area contributed by atoms with Gasteiger partial charge in [-0.15, -0.1) is 0 Å². The highest BCUT2D eigenvalue weighted by molar-refractivity contribution is 5.50. The fraction of sp³-hybridized carbons (Fsp3) is 0.250. The number of hydrogen-bond donors (Lipinski definition) is 1. The van der Waals surface area contributed by atoms with Crippen molar-refractivity contribution in [2.75, 3.05) is 11.9 Å². The monoisotopic (exact) mass is 259 g/mol. The molecular formula is C16H18FNO. The van der Waals surface area contributed by atoms with Crippen LogP contribution in [0.2, 0.25) is 0 Å². The normalized spacial score (nSPS) is 12.2. The predicted molar refractivity (Wildman–Crippen MR) is 76.1 cm³/mol. The van der Waals surface area contributed by atoms with Gasteiger partial charge in [-0.05, 0) is 43.7 Å². The first-order chi connectivity index (χ1) is 8.99. The zero-order valence-electron chi connectivity index (χ0n) is 11.4. The van der Waals surface area contributed by atoms with Crippen molar-refractivity contribution < 1.29 is 9.50 Å². The third-order valence-electron chi connectivity index (χ3n) is 3.43. The summed E-state index contributed by atoms with van der Waals surface area (Å²) in [5.74, 6) is 0.0143. The Morgan fingerprint density at radius 3 is 2.53 bits per heavy atom. The lowest BCUT2D eigenvalue weighted by Crippen LogP contribution is -2.21. The number of phenolic OH excluding ortho intramolecular Hbond substituents is 1. The maximum atomic E-state index is 13.2. The van der Waals surface area contributed by atoms with Gasteiger partial charge in [-0.1, -0.05) is 18.2 Å². The largest absolute Gasteiger partial charge is 0.508 e. The molecule has 0 fully saturated rings. The Balaban J connectivity index is 2.30. The highest BCUT2D eigenvalue weighted by atomic mass is 19.1. The summed E-state index contributed by atoms with van der Waals surface area (Å²) in [6, 6.07) is 12.0. The molecule has 0 aliphatic carbocycles. The molecule has 2 aromatic rings. The summed E-state index contributed by atoms with van der Waals surface area (Å²) in [5.41, 5.74) is 2.63. The molecule has 0 aromatic heterocycles. The summed E-state index contributed by atoms with van der Waals surface area (Å²) < 4.78 is 13.2. The van der Waals surface area contributed by atoms with Crippen molar-refractivity contribution in [2.45, 2.75) is 19.9 Å². The van der Waals surface area contributed by atoms with E-state index in [-0.39, 0.29) is 17.6 Å². The third-order valence-corrected chi connectivity index (χ3v) is 3.43. The molecule has 0 aliphatic heterocycles. The number of halogens is 1. The van der Waals surface area contributed by atoms with Crippen LogP contribution in [0.3, 0.4) is 0 Å². The van der Waals surface area contributed by atoms with E-state index in [0.29, 0.717) is 0 Å². The average molecular weight is 259 g/mol. The molecule has 2 rings (SSSR count). The van der Waals surface area contributed by atoms with Crippen LogP contribution in [0.5, 0.6) is 5.75 Å². The van der Waals surface area contributed by atoms with Crippen LogP contribution in [0.15, 0.2) is 42.5 Å². The number of nitrogens with zero attached hydrogens (tertiary/aromatic N) is 1. The first kappa shape index (κ1) is 13.4. The van der Waals surface area contributed by atoms with E-state index in [4.69, 9.17) is 0 Å². The second-order valence-corrected chi connectivity index (χ2v) is 4.83. The van der Waals surface area contributed by atoms with Crippen LogP contribution < -0.4 is 4.90 Å². The number of phenols is 1. The minimum atomic E-state index is -0.260. The van der Waals surface area contributed by atoms with Crippen LogP contribution in [0.4, 0.5) is 10.1 Å². The maximum absolute atomic E-state index is 13.2. The van der Waals surface area contributed by atoms with Crippen LogP contribution >= 0.6 is 0 Å². The molecule has 0 saturated heterocycles. The minimum absolute atomic E-state index is 0.0394. The van der Waals surface area contributed by atoms with E-state index in [1.165, 1.54) is 12.1 Å². The summed E-state index contributed by atoms with van der Waals surface area (Å²) in [6.07, 6.45) is 0. The lowest BCUT2D eigenvalue weighted by atomic mass is 10.0. The SMILES string of the molecule is Cc1ccc(C(C)N(C)c2cccc(F)c2)c(O)c1. The van der Waals surface area contributed by atoms with Crippen molar-refractivity contribution in [3.8, 4) is 5.75 Å². The number of aryl methyl sites for hydroxylation is 1. The Hall–Kier alpha value is -2.03. The molecule has 0 bridgehead atoms. The van der Waals surface area contributed by atoms with Crippen LogP contribution in [-0.4, -0.2) is 12.2 Å². The van der Waals surface area contributed by atoms with Gasteiger partial charge in [0.05, 0.1) is 6.04 Å². The molecule has 2 aromatic carbocycles. The Labute approximate surface area is 113 Å². The fourth-order valence-electron chi connectivity index (χ4n) is 2.13. The fourth-order valence-corrected chi connectivity index (χ4v) is 2.13. The Kier molecular flexibility index (Phi) is 3.74. The van der Waals surface area contributed by atoms with E-state index < -0.39 is 0 Å². The van der Waals surface area contributed by atoms with Gasteiger partial charge in [-0.25, -0.2) is 4.39 Å². The van der Waals surface area contributed by atoms with Crippen molar-refractivity contribution in [1.82, 2.24) is 0 Å². The van der Waals surface area contributed by atoms with Crippen molar-refractivity contribution in [3.63, 3.8) is 0 Å². The van der Waals surface area contributed by atoms with Crippen LogP contribution in [0.25, 0.3) is 0 Å². The van der Waals surface area contributed by atoms with Gasteiger partial charge in [0.25, 0.3) is 0 Å². The van der Waals surface area contributed by atoms with Gasteiger partial charge in [0, 0.05) is 18.3 Å². The van der Waals surface area contributed by atoms with Crippen LogP contribution in [0, 0.1) is 12.7 Å². The molecule has 19 heavy (non-hydrogen) atoms. The van der Waals surface area contributed by atoms with Crippen molar-refractivity contribution in [3.05, 3.63) is 59.4 Å². The molecule has 0 amide bonds. The summed E-state index contributed by atoms with van der Waals surface area (Å²) in [4.78, 5) is 1.94. The standard InChI is InChI=1S/C16H18FNO/c1-11-7-8-15(16(19)9-11)12(2)18(3)14-6-4-5-13(17)10-14/h4-10,12,19H,1-3H3. The molecule has 1 N–H and O–H groups in total. The second-order valence-electron chi connectivity index (χ2n) is 4.83. The molecule has 2 nitrogen and oxygen atoms in total. The molecule has 3 heteroatoms. The lowest BCUT2D eigenvalue weighted by molar-refractivity contribution is 0.462. The molecule has 0 heterocycles. The molecule has 1 atom stereocenters. The van der Waals surface area contributed by atoms with Crippen LogP contribution in [0.1, 0.15) is 24.1 Å². The zero-order chi connectivity index (χ0) is 14.0. The number of aromatic hydroxyl groups is 1. The Bertz CT molecular complexity index is 583. The van der Waals surface area contributed by atoms with E-state index in [1.807, 2.05) is 44.0 Å². The van der Waals surface area contributed by atoms with E-state index in [2.05, 4.69) is 0 Å². The molecule has 0 aliphatic rings. The van der Waals surface area contributed by atoms with Gasteiger partial charge >= 0.3 is 0 Å². The smallest absolute Gasteiger partial charge is 0.125 e. The second kappa shape index (κ2) is 5.31. The summed E-state index contributed by atoms with van der Waals surface area (Å²) in [5, 5.41) is 10.0. The van der Waals surface area contributed by atoms with Gasteiger partial charge in [0.1, 0.15) is 11.6 Å². The van der Waals surface area contributed by atoms with E-state index in [1.54, 1.807) is 12.1 Å². The van der Waals surface area contributed by atoms with Gasteiger partial charge in [0.2, 0.25) is 0 Å². The first-order valence-electron chi connectivity index (χ1n) is 6.27. The number of rotatable bonds is 3. The van der Waals surface area contributed by atoms with E-state index >= 15 is 0 Å². The summed E-state index contributed by atoms with van der Waals surface area (Å²) in [6.45, 7) is 3.92. The molecular weight excluding hydrogens is 241 g/mol. The minimum Gasteiger partial charge on any atom is -0.508 e. The molecule has 0 spiro atoms. The highest BCUT2D eigenvalue weighted by Crippen LogP contribution is 2.31. The van der Waals surface area contributed by atoms with Gasteiger partial charge in [-0.3, -0.25) is 0 Å². The lowest BCUT2D eigenvalue weighted by Gasteiger charge is -2.28. The van der Waals surface area contributed by atoms with Crippen molar-refractivity contribution >= 4 is 5.69 Å². The van der Waals surface area contributed by atoms with Gasteiger partial charge in [-0.2, -0.15) is 0 Å². The molecule has 100 valence electrons. The number of anilines is 1. The highest BCUT2D eigenvalue weighted by Gasteiger charge is 2.16. The van der Waals surface area contributed by atoms with Crippen LogP contribution in [-0.2, 0) is 0 Å². The maximum Gasteiger partial charge on any atom is 0.125 e. The molecule has 0 saturated carbocycles. The Morgan fingerprint density at radius 1 is 1.16 bits per heavy atom. The quantitative estimate of drug-likeness (QED) is 0.899. The van der Waals surface area contributed by atoms with E-state index in [9.17, 15) is 9.50 Å². The van der Waals surface area contributed by atoms with E-state index in [0.717, 1.165) is 16.8 Å². The third kappa shape index (κ3) is 2.87. The predicted octanol–water partition coefficient (Wildman–Crippen LogP) is 4.04. The molecule has 0 radical (unpaired) electrons. The topological polar surface area (TPSA) is 23.5 Å². The average Bonchev–Trinajstić information content (AvgIpc) is 2.37. The van der Waals surface area contributed by atoms with Gasteiger partial charge < -0.3 is 10.0 Å². The number of hydrogen-bond acceptors (Lipinski definition) is 2.